The van der Waals surface area contributed by atoms with Gasteiger partial charge in [-0.25, -0.2) is 0 Å². The number of aliphatic hydroxyl groups excluding tert-OH is 1. The molecule has 6 heteroatoms. The molecule has 2 rings (SSSR count). The lowest BCUT2D eigenvalue weighted by Gasteiger charge is -2.23. The molecule has 0 aliphatic carbocycles. The molecule has 2 N–H and O–H groups in total. The molecule has 0 spiro atoms. The van der Waals surface area contributed by atoms with Crippen molar-refractivity contribution in [2.45, 2.75) is 59.1 Å². The van der Waals surface area contributed by atoms with Gasteiger partial charge in [-0.2, -0.15) is 0 Å². The van der Waals surface area contributed by atoms with E-state index in [1.54, 1.807) is 12.1 Å². The maximum atomic E-state index is 12.0. The lowest BCUT2D eigenvalue weighted by atomic mass is 10.0. The summed E-state index contributed by atoms with van der Waals surface area (Å²) in [5.41, 5.74) is 1.69. The number of carbonyl (C=O) groups excluding carboxylic acids is 1. The third-order valence-electron chi connectivity index (χ3n) is 3.83. The smallest absolute Gasteiger partial charge is 0.170 e. The lowest BCUT2D eigenvalue weighted by molar-refractivity contribution is 0.0955. The van der Waals surface area contributed by atoms with Gasteiger partial charge >= 0.3 is 0 Å². The standard InChI is InChI=1S/C19H28N2O4/c1-11(2)17-16-15(25-21-17)8-7-14(12(3)22)18(16)24-10-13(23)9-20-19(4,5)6/h7-8,11,13,20,23H,9-10H2,1-6H3. The van der Waals surface area contributed by atoms with E-state index in [0.29, 0.717) is 28.8 Å². The van der Waals surface area contributed by atoms with Gasteiger partial charge in [-0.05, 0) is 45.7 Å². The SMILES string of the molecule is CC(=O)c1ccc2onc(C(C)C)c2c1OCC(O)CNC(C)(C)C. The summed E-state index contributed by atoms with van der Waals surface area (Å²) in [6, 6.07) is 3.41. The van der Waals surface area contributed by atoms with Crippen LogP contribution in [0.2, 0.25) is 0 Å². The number of aliphatic hydroxyl groups is 1. The molecule has 2 aromatic rings. The Morgan fingerprint density at radius 1 is 1.36 bits per heavy atom. The zero-order valence-electron chi connectivity index (χ0n) is 15.8. The number of β-amino-alcohol motifs (C(OH)–C–C–N with tert-alkyl or cyclic N) is 1. The largest absolute Gasteiger partial charge is 0.489 e. The quantitative estimate of drug-likeness (QED) is 0.747. The first-order valence-electron chi connectivity index (χ1n) is 8.59. The van der Waals surface area contributed by atoms with Crippen LogP contribution in [0, 0.1) is 0 Å². The van der Waals surface area contributed by atoms with E-state index in [2.05, 4.69) is 10.5 Å². The van der Waals surface area contributed by atoms with Crippen LogP contribution in [0.3, 0.4) is 0 Å². The van der Waals surface area contributed by atoms with E-state index in [-0.39, 0.29) is 23.8 Å². The van der Waals surface area contributed by atoms with Crippen LogP contribution < -0.4 is 10.1 Å². The van der Waals surface area contributed by atoms with Crippen molar-refractivity contribution in [3.63, 3.8) is 0 Å². The van der Waals surface area contributed by atoms with Gasteiger partial charge in [0.1, 0.15) is 18.5 Å². The highest BCUT2D eigenvalue weighted by atomic mass is 16.5. The number of aromatic nitrogens is 1. The molecule has 0 radical (unpaired) electrons. The third kappa shape index (κ3) is 4.80. The van der Waals surface area contributed by atoms with Gasteiger partial charge in [0.25, 0.3) is 0 Å². The topological polar surface area (TPSA) is 84.6 Å². The molecule has 6 nitrogen and oxygen atoms in total. The van der Waals surface area contributed by atoms with Crippen molar-refractivity contribution in [1.82, 2.24) is 10.5 Å². The molecule has 0 fully saturated rings. The van der Waals surface area contributed by atoms with E-state index in [0.717, 1.165) is 5.69 Å². The van der Waals surface area contributed by atoms with Gasteiger partial charge in [0.2, 0.25) is 0 Å². The van der Waals surface area contributed by atoms with Crippen molar-refractivity contribution >= 4 is 16.8 Å². The van der Waals surface area contributed by atoms with Crippen molar-refractivity contribution in [2.24, 2.45) is 0 Å². The minimum atomic E-state index is -0.698. The number of nitrogens with one attached hydrogen (secondary N) is 1. The highest BCUT2D eigenvalue weighted by molar-refractivity contribution is 6.03. The van der Waals surface area contributed by atoms with E-state index in [1.165, 1.54) is 6.92 Å². The number of nitrogens with zero attached hydrogens (tertiary/aromatic N) is 1. The number of carbonyl (C=O) groups is 1. The van der Waals surface area contributed by atoms with Gasteiger partial charge in [0.15, 0.2) is 11.4 Å². The van der Waals surface area contributed by atoms with Crippen LogP contribution in [-0.2, 0) is 0 Å². The fourth-order valence-electron chi connectivity index (χ4n) is 2.51. The molecule has 1 aromatic carbocycles. The molecular formula is C19H28N2O4. The summed E-state index contributed by atoms with van der Waals surface area (Å²) in [5, 5.41) is 18.2. The Labute approximate surface area is 148 Å². The number of rotatable bonds is 7. The summed E-state index contributed by atoms with van der Waals surface area (Å²) in [7, 11) is 0. The van der Waals surface area contributed by atoms with Gasteiger partial charge in [-0.1, -0.05) is 19.0 Å². The van der Waals surface area contributed by atoms with Crippen LogP contribution in [0.15, 0.2) is 16.7 Å². The van der Waals surface area contributed by atoms with Crippen molar-refractivity contribution in [3.8, 4) is 5.75 Å². The predicted octanol–water partition coefficient (Wildman–Crippen LogP) is 3.28. The highest BCUT2D eigenvalue weighted by Gasteiger charge is 2.22. The molecule has 1 heterocycles. The molecule has 138 valence electrons. The number of benzene rings is 1. The van der Waals surface area contributed by atoms with Crippen LogP contribution in [-0.4, -0.2) is 40.8 Å². The maximum absolute atomic E-state index is 12.0. The minimum Gasteiger partial charge on any atom is -0.489 e. The van der Waals surface area contributed by atoms with Crippen LogP contribution in [0.4, 0.5) is 0 Å². The Morgan fingerprint density at radius 2 is 2.04 bits per heavy atom. The monoisotopic (exact) mass is 348 g/mol. The van der Waals surface area contributed by atoms with E-state index >= 15 is 0 Å². The fourth-order valence-corrected chi connectivity index (χ4v) is 2.51. The summed E-state index contributed by atoms with van der Waals surface area (Å²) in [4.78, 5) is 12.0. The second-order valence-corrected chi connectivity index (χ2v) is 7.69. The lowest BCUT2D eigenvalue weighted by Crippen LogP contribution is -2.42. The number of Topliss-reactive ketones (excluding diaryl/α,β-unsaturated/α-hetero) is 1. The van der Waals surface area contributed by atoms with Crippen molar-refractivity contribution in [1.29, 1.82) is 0 Å². The van der Waals surface area contributed by atoms with Crippen molar-refractivity contribution < 1.29 is 19.2 Å². The van der Waals surface area contributed by atoms with Gasteiger partial charge < -0.3 is 19.7 Å². The molecule has 1 aromatic heterocycles. The maximum Gasteiger partial charge on any atom is 0.170 e. The Hall–Kier alpha value is -1.92. The first-order chi connectivity index (χ1) is 11.6. The van der Waals surface area contributed by atoms with E-state index < -0.39 is 6.10 Å². The van der Waals surface area contributed by atoms with Gasteiger partial charge in [-0.15, -0.1) is 0 Å². The van der Waals surface area contributed by atoms with Crippen LogP contribution >= 0.6 is 0 Å². The number of ketones is 1. The first kappa shape index (κ1) is 19.4. The van der Waals surface area contributed by atoms with Crippen LogP contribution in [0.25, 0.3) is 11.0 Å². The normalized spacial score (nSPS) is 13.4. The average molecular weight is 348 g/mol. The zero-order chi connectivity index (χ0) is 18.8. The van der Waals surface area contributed by atoms with Gasteiger partial charge in [-0.3, -0.25) is 4.79 Å². The third-order valence-corrected chi connectivity index (χ3v) is 3.83. The average Bonchev–Trinajstić information content (AvgIpc) is 2.94. The summed E-state index contributed by atoms with van der Waals surface area (Å²) < 4.78 is 11.2. The minimum absolute atomic E-state index is 0.0746. The summed E-state index contributed by atoms with van der Waals surface area (Å²) in [5.74, 6) is 0.457. The van der Waals surface area contributed by atoms with E-state index in [1.807, 2.05) is 34.6 Å². The zero-order valence-corrected chi connectivity index (χ0v) is 15.8. The molecule has 0 saturated heterocycles. The Bertz CT molecular complexity index is 744. The van der Waals surface area contributed by atoms with E-state index in [9.17, 15) is 9.90 Å². The number of ether oxygens (including phenoxy) is 1. The molecular weight excluding hydrogens is 320 g/mol. The number of hydrogen-bond acceptors (Lipinski definition) is 6. The molecule has 25 heavy (non-hydrogen) atoms. The van der Waals surface area contributed by atoms with Gasteiger partial charge in [0, 0.05) is 12.1 Å². The van der Waals surface area contributed by atoms with Crippen molar-refractivity contribution in [2.75, 3.05) is 13.2 Å². The van der Waals surface area contributed by atoms with Crippen LogP contribution in [0.1, 0.15) is 63.5 Å². The summed E-state index contributed by atoms with van der Waals surface area (Å²) >= 11 is 0. The molecule has 1 unspecified atom stereocenters. The first-order valence-corrected chi connectivity index (χ1v) is 8.59. The van der Waals surface area contributed by atoms with Crippen LogP contribution in [0.5, 0.6) is 5.75 Å². The highest BCUT2D eigenvalue weighted by Crippen LogP contribution is 2.36. The second kappa shape index (κ2) is 7.54. The molecule has 0 amide bonds. The molecule has 1 atom stereocenters. The molecule has 0 aliphatic rings. The summed E-state index contributed by atoms with van der Waals surface area (Å²) in [6.07, 6.45) is -0.698. The Morgan fingerprint density at radius 3 is 2.60 bits per heavy atom. The Balaban J connectivity index is 2.30. The van der Waals surface area contributed by atoms with E-state index in [4.69, 9.17) is 9.26 Å². The van der Waals surface area contributed by atoms with Gasteiger partial charge in [0.05, 0.1) is 16.6 Å². The molecule has 0 saturated carbocycles. The molecule has 0 aliphatic heterocycles. The summed E-state index contributed by atoms with van der Waals surface area (Å²) in [6.45, 7) is 12.1. The number of fused-ring (bicyclic) bond motifs is 1. The van der Waals surface area contributed by atoms with Crippen molar-refractivity contribution in [3.05, 3.63) is 23.4 Å². The number of hydrogen-bond donors (Lipinski definition) is 2. The second-order valence-electron chi connectivity index (χ2n) is 7.69. The Kier molecular flexibility index (Phi) is 5.85. The predicted molar refractivity (Wildman–Crippen MR) is 97.4 cm³/mol. The fraction of sp³-hybridized carbons (Fsp3) is 0.579. The molecule has 0 bridgehead atoms.